The van der Waals surface area contributed by atoms with Crippen molar-refractivity contribution in [2.45, 2.75) is 39.2 Å². The maximum atomic E-state index is 12.5. The molecule has 1 aromatic carbocycles. The summed E-state index contributed by atoms with van der Waals surface area (Å²) in [5, 5.41) is 6.51. The van der Waals surface area contributed by atoms with Crippen molar-refractivity contribution < 1.29 is 9.53 Å². The van der Waals surface area contributed by atoms with E-state index in [-0.39, 0.29) is 11.9 Å². The number of ether oxygens (including phenoxy) is 1. The van der Waals surface area contributed by atoms with Crippen LogP contribution in [0.5, 0.6) is 0 Å². The second-order valence-corrected chi connectivity index (χ2v) is 6.29. The number of carbonyl (C=O) groups excluding carboxylic acids is 1. The Balaban J connectivity index is 1.79. The largest absolute Gasteiger partial charge is 0.383 e. The summed E-state index contributed by atoms with van der Waals surface area (Å²) in [6.45, 7) is 6.92. The second kappa shape index (κ2) is 10.0. The fourth-order valence-electron chi connectivity index (χ4n) is 3.00. The summed E-state index contributed by atoms with van der Waals surface area (Å²) >= 11 is 0. The first kappa shape index (κ1) is 19.2. The zero-order valence-corrected chi connectivity index (χ0v) is 15.5. The molecule has 1 unspecified atom stereocenters. The Morgan fingerprint density at radius 3 is 2.96 bits per heavy atom. The van der Waals surface area contributed by atoms with E-state index in [9.17, 15) is 4.79 Å². The van der Waals surface area contributed by atoms with E-state index in [4.69, 9.17) is 4.74 Å². The van der Waals surface area contributed by atoms with Gasteiger partial charge in [0, 0.05) is 44.9 Å². The molecule has 0 bridgehead atoms. The smallest absolute Gasteiger partial charge is 0.227 e. The van der Waals surface area contributed by atoms with E-state index in [1.165, 1.54) is 5.56 Å². The summed E-state index contributed by atoms with van der Waals surface area (Å²) in [5.41, 5.74) is 2.33. The number of guanidine groups is 1. The van der Waals surface area contributed by atoms with Crippen LogP contribution in [0.4, 0.5) is 5.69 Å². The minimum absolute atomic E-state index is 0.186. The first-order valence-corrected chi connectivity index (χ1v) is 9.07. The summed E-state index contributed by atoms with van der Waals surface area (Å²) in [4.78, 5) is 18.9. The van der Waals surface area contributed by atoms with Crippen molar-refractivity contribution in [3.8, 4) is 0 Å². The highest BCUT2D eigenvalue weighted by atomic mass is 16.5. The Kier molecular flexibility index (Phi) is 7.73. The van der Waals surface area contributed by atoms with Gasteiger partial charge in [-0.2, -0.15) is 0 Å². The molecule has 2 N–H and O–H groups in total. The first-order valence-electron chi connectivity index (χ1n) is 9.07. The van der Waals surface area contributed by atoms with Crippen molar-refractivity contribution >= 4 is 17.6 Å². The molecule has 2 rings (SSSR count). The molecule has 6 heteroatoms. The highest BCUT2D eigenvalue weighted by Gasteiger charge is 2.23. The lowest BCUT2D eigenvalue weighted by molar-refractivity contribution is -0.118. The van der Waals surface area contributed by atoms with Gasteiger partial charge in [0.1, 0.15) is 0 Å². The zero-order chi connectivity index (χ0) is 18.1. The van der Waals surface area contributed by atoms with Crippen LogP contribution < -0.4 is 15.5 Å². The van der Waals surface area contributed by atoms with E-state index in [1.807, 2.05) is 36.9 Å². The van der Waals surface area contributed by atoms with E-state index in [0.29, 0.717) is 19.6 Å². The summed E-state index contributed by atoms with van der Waals surface area (Å²) in [6, 6.07) is 8.34. The number of benzene rings is 1. The van der Waals surface area contributed by atoms with Crippen LogP contribution >= 0.6 is 0 Å². The molecule has 25 heavy (non-hydrogen) atoms. The van der Waals surface area contributed by atoms with Gasteiger partial charge in [-0.25, -0.2) is 0 Å². The normalized spacial score (nSPS) is 15.0. The van der Waals surface area contributed by atoms with Crippen LogP contribution in [0.25, 0.3) is 0 Å². The molecule has 138 valence electrons. The Hall–Kier alpha value is -2.08. The molecule has 0 saturated heterocycles. The summed E-state index contributed by atoms with van der Waals surface area (Å²) in [6.07, 6.45) is 2.21. The van der Waals surface area contributed by atoms with Crippen LogP contribution in [-0.4, -0.2) is 51.3 Å². The molecule has 1 amide bonds. The van der Waals surface area contributed by atoms with Crippen molar-refractivity contribution in [3.63, 3.8) is 0 Å². The maximum absolute atomic E-state index is 12.5. The number of fused-ring (bicyclic) bond motifs is 1. The van der Waals surface area contributed by atoms with Gasteiger partial charge >= 0.3 is 0 Å². The van der Waals surface area contributed by atoms with E-state index in [1.54, 1.807) is 7.11 Å². The Morgan fingerprint density at radius 2 is 2.20 bits per heavy atom. The third-order valence-corrected chi connectivity index (χ3v) is 4.15. The van der Waals surface area contributed by atoms with Crippen molar-refractivity contribution in [3.05, 3.63) is 29.8 Å². The molecule has 6 nitrogen and oxygen atoms in total. The number of nitrogens with zero attached hydrogens (tertiary/aromatic N) is 2. The van der Waals surface area contributed by atoms with E-state index in [2.05, 4.69) is 21.7 Å². The summed E-state index contributed by atoms with van der Waals surface area (Å²) in [5.74, 6) is 0.955. The average Bonchev–Trinajstić information content (AvgIpc) is 3.03. The quantitative estimate of drug-likeness (QED) is 0.429. The summed E-state index contributed by atoms with van der Waals surface area (Å²) < 4.78 is 5.13. The number of amides is 1. The molecule has 1 heterocycles. The standard InChI is InChI=1S/C19H30N4O2/c1-4-20-19(22-15(2)14-25-3)21-12-7-10-18(24)23-13-11-16-8-5-6-9-17(16)23/h5-6,8-9,15H,4,7,10-14H2,1-3H3,(H2,20,21,22). The van der Waals surface area contributed by atoms with Crippen LogP contribution in [0, 0.1) is 0 Å². The fraction of sp³-hybridized carbons (Fsp3) is 0.579. The average molecular weight is 346 g/mol. The number of para-hydroxylation sites is 1. The SMILES string of the molecule is CCNC(=NCCCC(=O)N1CCc2ccccc21)NC(C)COC. The number of aliphatic imine (C=N–C) groups is 1. The van der Waals surface area contributed by atoms with Crippen molar-refractivity contribution in [2.75, 3.05) is 38.3 Å². The third-order valence-electron chi connectivity index (χ3n) is 4.15. The monoisotopic (exact) mass is 346 g/mol. The van der Waals surface area contributed by atoms with Gasteiger partial charge < -0.3 is 20.3 Å². The minimum atomic E-state index is 0.186. The number of anilines is 1. The van der Waals surface area contributed by atoms with Crippen LogP contribution in [0.3, 0.4) is 0 Å². The number of hydrogen-bond acceptors (Lipinski definition) is 3. The predicted octanol–water partition coefficient (Wildman–Crippen LogP) is 1.95. The molecule has 1 aliphatic rings. The van der Waals surface area contributed by atoms with Gasteiger partial charge in [-0.15, -0.1) is 0 Å². The molecule has 1 aromatic rings. The molecular weight excluding hydrogens is 316 g/mol. The number of carbonyl (C=O) groups is 1. The fourth-order valence-corrected chi connectivity index (χ4v) is 3.00. The molecule has 0 radical (unpaired) electrons. The maximum Gasteiger partial charge on any atom is 0.227 e. The Bertz CT molecular complexity index is 589. The van der Waals surface area contributed by atoms with Crippen LogP contribution in [0.1, 0.15) is 32.3 Å². The van der Waals surface area contributed by atoms with Crippen LogP contribution in [0.15, 0.2) is 29.3 Å². The van der Waals surface area contributed by atoms with Crippen molar-refractivity contribution in [1.82, 2.24) is 10.6 Å². The number of methoxy groups -OCH3 is 1. The van der Waals surface area contributed by atoms with Gasteiger partial charge in [0.15, 0.2) is 5.96 Å². The second-order valence-electron chi connectivity index (χ2n) is 6.29. The molecule has 0 spiro atoms. The first-order chi connectivity index (χ1) is 12.2. The van der Waals surface area contributed by atoms with E-state index >= 15 is 0 Å². The van der Waals surface area contributed by atoms with Gasteiger partial charge in [-0.05, 0) is 38.3 Å². The molecule has 0 aromatic heterocycles. The lowest BCUT2D eigenvalue weighted by Crippen LogP contribution is -2.44. The molecular formula is C19H30N4O2. The predicted molar refractivity (Wildman–Crippen MR) is 102 cm³/mol. The van der Waals surface area contributed by atoms with Gasteiger partial charge in [0.05, 0.1) is 6.61 Å². The van der Waals surface area contributed by atoms with Crippen LogP contribution in [-0.2, 0) is 16.0 Å². The van der Waals surface area contributed by atoms with Gasteiger partial charge in [-0.1, -0.05) is 18.2 Å². The van der Waals surface area contributed by atoms with Gasteiger partial charge in [0.2, 0.25) is 5.91 Å². The van der Waals surface area contributed by atoms with E-state index < -0.39 is 0 Å². The Morgan fingerprint density at radius 1 is 1.40 bits per heavy atom. The number of nitrogens with one attached hydrogen (secondary N) is 2. The molecule has 0 fully saturated rings. The highest BCUT2D eigenvalue weighted by Crippen LogP contribution is 2.27. The molecule has 0 aliphatic carbocycles. The Labute approximate surface area is 150 Å². The number of rotatable bonds is 8. The van der Waals surface area contributed by atoms with E-state index in [0.717, 1.165) is 37.6 Å². The lowest BCUT2D eigenvalue weighted by atomic mass is 10.2. The van der Waals surface area contributed by atoms with Crippen molar-refractivity contribution in [1.29, 1.82) is 0 Å². The van der Waals surface area contributed by atoms with Crippen molar-refractivity contribution in [2.24, 2.45) is 4.99 Å². The van der Waals surface area contributed by atoms with Gasteiger partial charge in [0.25, 0.3) is 0 Å². The number of hydrogen-bond donors (Lipinski definition) is 2. The molecule has 1 atom stereocenters. The minimum Gasteiger partial charge on any atom is -0.383 e. The third kappa shape index (κ3) is 5.74. The molecule has 0 saturated carbocycles. The lowest BCUT2D eigenvalue weighted by Gasteiger charge is -2.18. The van der Waals surface area contributed by atoms with Crippen LogP contribution in [0.2, 0.25) is 0 Å². The van der Waals surface area contributed by atoms with Gasteiger partial charge in [-0.3, -0.25) is 9.79 Å². The summed E-state index contributed by atoms with van der Waals surface area (Å²) in [7, 11) is 1.68. The zero-order valence-electron chi connectivity index (χ0n) is 15.5. The topological polar surface area (TPSA) is 66.0 Å². The highest BCUT2D eigenvalue weighted by molar-refractivity contribution is 5.95. The molecule has 1 aliphatic heterocycles.